The molecule has 0 spiro atoms. The molecule has 134 valence electrons. The smallest absolute Gasteiger partial charge is 0.283 e. The van der Waals surface area contributed by atoms with Gasteiger partial charge in [0.25, 0.3) is 5.91 Å². The summed E-state index contributed by atoms with van der Waals surface area (Å²) in [7, 11) is 1.66. The number of ether oxygens (including phenoxy) is 1. The number of benzene rings is 1. The molecule has 2 aromatic heterocycles. The molecule has 5 nitrogen and oxygen atoms in total. The molecule has 0 bridgehead atoms. The molecule has 3 aromatic rings. The number of pyridine rings is 1. The maximum atomic E-state index is 13.3. The third-order valence-corrected chi connectivity index (χ3v) is 5.83. The van der Waals surface area contributed by atoms with Crippen LogP contribution in [0.2, 0.25) is 0 Å². The summed E-state index contributed by atoms with van der Waals surface area (Å²) < 4.78 is 5.26. The highest BCUT2D eigenvalue weighted by Crippen LogP contribution is 2.33. The number of rotatable bonds is 3. The SMILES string of the molecule is COc1ccc(C2CCCCCN2C(=O)c2nc3cccnc3s2)cc1. The normalized spacial score (nSPS) is 17.9. The van der Waals surface area contributed by atoms with Crippen LogP contribution in [0.25, 0.3) is 10.3 Å². The number of carbonyl (C=O) groups is 1. The lowest BCUT2D eigenvalue weighted by molar-refractivity contribution is 0.0680. The quantitative estimate of drug-likeness (QED) is 0.686. The molecule has 1 unspecified atom stereocenters. The van der Waals surface area contributed by atoms with Crippen LogP contribution in [0, 0.1) is 0 Å². The standard InChI is InChI=1S/C20H21N3O2S/c1-25-15-10-8-14(9-11-15)17-7-3-2-4-13-23(17)20(24)19-22-16-6-5-12-21-18(16)26-19/h5-6,8-12,17H,2-4,7,13H2,1H3. The molecule has 6 heteroatoms. The number of amides is 1. The molecule has 3 heterocycles. The number of thiazole rings is 1. The third kappa shape index (κ3) is 3.29. The fourth-order valence-corrected chi connectivity index (χ4v) is 4.37. The summed E-state index contributed by atoms with van der Waals surface area (Å²) in [5.74, 6) is 0.841. The van der Waals surface area contributed by atoms with Crippen LogP contribution in [0.1, 0.15) is 47.1 Å². The monoisotopic (exact) mass is 367 g/mol. The first-order valence-electron chi connectivity index (χ1n) is 8.93. The van der Waals surface area contributed by atoms with Gasteiger partial charge in [-0.1, -0.05) is 36.3 Å². The van der Waals surface area contributed by atoms with Gasteiger partial charge in [-0.05, 0) is 42.7 Å². The van der Waals surface area contributed by atoms with Gasteiger partial charge in [0.2, 0.25) is 0 Å². The molecule has 4 rings (SSSR count). The fourth-order valence-electron chi connectivity index (χ4n) is 3.51. The fraction of sp³-hybridized carbons (Fsp3) is 0.350. The number of aromatic nitrogens is 2. The van der Waals surface area contributed by atoms with Gasteiger partial charge < -0.3 is 9.64 Å². The Morgan fingerprint density at radius 2 is 2.04 bits per heavy atom. The van der Waals surface area contributed by atoms with Crippen LogP contribution >= 0.6 is 11.3 Å². The van der Waals surface area contributed by atoms with Crippen LogP contribution in [0.5, 0.6) is 5.75 Å². The molecule has 0 aliphatic carbocycles. The van der Waals surface area contributed by atoms with Gasteiger partial charge in [-0.3, -0.25) is 4.79 Å². The van der Waals surface area contributed by atoms with Gasteiger partial charge >= 0.3 is 0 Å². The lowest BCUT2D eigenvalue weighted by Gasteiger charge is -2.30. The average molecular weight is 367 g/mol. The molecule has 1 aliphatic rings. The van der Waals surface area contributed by atoms with Crippen LogP contribution in [-0.2, 0) is 0 Å². The predicted molar refractivity (Wildman–Crippen MR) is 103 cm³/mol. The topological polar surface area (TPSA) is 55.3 Å². The van der Waals surface area contributed by atoms with E-state index in [1.165, 1.54) is 11.3 Å². The van der Waals surface area contributed by atoms with Crippen molar-refractivity contribution in [2.45, 2.75) is 31.7 Å². The first kappa shape index (κ1) is 17.0. The third-order valence-electron chi connectivity index (χ3n) is 4.86. The highest BCUT2D eigenvalue weighted by molar-refractivity contribution is 7.19. The summed E-state index contributed by atoms with van der Waals surface area (Å²) in [6.45, 7) is 0.763. The number of fused-ring (bicyclic) bond motifs is 1. The Balaban J connectivity index is 1.66. The van der Waals surface area contributed by atoms with E-state index < -0.39 is 0 Å². The van der Waals surface area contributed by atoms with Crippen molar-refractivity contribution in [1.82, 2.24) is 14.9 Å². The number of hydrogen-bond donors (Lipinski definition) is 0. The lowest BCUT2D eigenvalue weighted by Crippen LogP contribution is -2.34. The molecule has 0 radical (unpaired) electrons. The van der Waals surface area contributed by atoms with Crippen LogP contribution in [0.4, 0.5) is 0 Å². The van der Waals surface area contributed by atoms with Crippen molar-refractivity contribution in [3.05, 3.63) is 53.2 Å². The van der Waals surface area contributed by atoms with Crippen molar-refractivity contribution in [2.75, 3.05) is 13.7 Å². The van der Waals surface area contributed by atoms with Gasteiger partial charge in [-0.15, -0.1) is 0 Å². The zero-order valence-corrected chi connectivity index (χ0v) is 15.5. The molecule has 26 heavy (non-hydrogen) atoms. The van der Waals surface area contributed by atoms with E-state index in [4.69, 9.17) is 4.74 Å². The summed E-state index contributed by atoms with van der Waals surface area (Å²) in [5, 5.41) is 0.527. The Morgan fingerprint density at radius 3 is 2.81 bits per heavy atom. The second-order valence-corrected chi connectivity index (χ2v) is 7.46. The van der Waals surface area contributed by atoms with Gasteiger partial charge in [-0.2, -0.15) is 0 Å². The van der Waals surface area contributed by atoms with Crippen molar-refractivity contribution < 1.29 is 9.53 Å². The average Bonchev–Trinajstić information content (AvgIpc) is 2.97. The van der Waals surface area contributed by atoms with Crippen molar-refractivity contribution >= 4 is 27.6 Å². The minimum absolute atomic E-state index is 0.00992. The number of hydrogen-bond acceptors (Lipinski definition) is 5. The van der Waals surface area contributed by atoms with E-state index in [9.17, 15) is 4.79 Å². The Bertz CT molecular complexity index is 874. The maximum absolute atomic E-state index is 13.3. The Morgan fingerprint density at radius 1 is 1.19 bits per heavy atom. The van der Waals surface area contributed by atoms with E-state index in [0.717, 1.165) is 53.9 Å². The molecule has 1 fully saturated rings. The van der Waals surface area contributed by atoms with Gasteiger partial charge in [0.05, 0.1) is 13.2 Å². The van der Waals surface area contributed by atoms with Crippen molar-refractivity contribution in [3.8, 4) is 5.75 Å². The van der Waals surface area contributed by atoms with Crippen LogP contribution in [0.3, 0.4) is 0 Å². The lowest BCUT2D eigenvalue weighted by atomic mass is 10.0. The highest BCUT2D eigenvalue weighted by Gasteiger charge is 2.29. The van der Waals surface area contributed by atoms with Crippen LogP contribution in [-0.4, -0.2) is 34.4 Å². The molecule has 1 amide bonds. The molecule has 0 N–H and O–H groups in total. The molecular formula is C20H21N3O2S. The summed E-state index contributed by atoms with van der Waals surface area (Å²) in [6.07, 6.45) is 6.02. The van der Waals surface area contributed by atoms with E-state index >= 15 is 0 Å². The molecular weight excluding hydrogens is 346 g/mol. The largest absolute Gasteiger partial charge is 0.497 e. The number of carbonyl (C=O) groups excluding carboxylic acids is 1. The minimum atomic E-state index is 0.00992. The number of nitrogens with zero attached hydrogens (tertiary/aromatic N) is 3. The molecule has 1 aliphatic heterocycles. The Kier molecular flexibility index (Phi) is 4.84. The van der Waals surface area contributed by atoms with E-state index in [2.05, 4.69) is 22.1 Å². The first-order chi connectivity index (χ1) is 12.8. The van der Waals surface area contributed by atoms with Gasteiger partial charge in [0.15, 0.2) is 5.01 Å². The van der Waals surface area contributed by atoms with Gasteiger partial charge in [0, 0.05) is 12.7 Å². The summed E-state index contributed by atoms with van der Waals surface area (Å²) in [6, 6.07) is 11.9. The second-order valence-electron chi connectivity index (χ2n) is 6.48. The molecule has 1 atom stereocenters. The van der Waals surface area contributed by atoms with Crippen LogP contribution < -0.4 is 4.74 Å². The van der Waals surface area contributed by atoms with Crippen molar-refractivity contribution in [3.63, 3.8) is 0 Å². The zero-order chi connectivity index (χ0) is 17.9. The Hall–Kier alpha value is -2.47. The van der Waals surface area contributed by atoms with Gasteiger partial charge in [0.1, 0.15) is 16.1 Å². The van der Waals surface area contributed by atoms with Crippen molar-refractivity contribution in [2.24, 2.45) is 0 Å². The van der Waals surface area contributed by atoms with Crippen LogP contribution in [0.15, 0.2) is 42.6 Å². The second kappa shape index (κ2) is 7.41. The summed E-state index contributed by atoms with van der Waals surface area (Å²) >= 11 is 1.38. The summed E-state index contributed by atoms with van der Waals surface area (Å²) in [4.78, 5) is 24.9. The van der Waals surface area contributed by atoms with Gasteiger partial charge in [-0.25, -0.2) is 9.97 Å². The first-order valence-corrected chi connectivity index (χ1v) is 9.74. The number of methoxy groups -OCH3 is 1. The minimum Gasteiger partial charge on any atom is -0.497 e. The van der Waals surface area contributed by atoms with E-state index in [-0.39, 0.29) is 11.9 Å². The summed E-state index contributed by atoms with van der Waals surface area (Å²) in [5.41, 5.74) is 1.94. The Labute approximate surface area is 156 Å². The number of likely N-dealkylation sites (tertiary alicyclic amines) is 1. The molecule has 1 aromatic carbocycles. The molecule has 1 saturated heterocycles. The highest BCUT2D eigenvalue weighted by atomic mass is 32.1. The van der Waals surface area contributed by atoms with E-state index in [0.29, 0.717) is 5.01 Å². The predicted octanol–water partition coefficient (Wildman–Crippen LogP) is 4.46. The zero-order valence-electron chi connectivity index (χ0n) is 14.7. The van der Waals surface area contributed by atoms with E-state index in [1.54, 1.807) is 13.3 Å². The van der Waals surface area contributed by atoms with Crippen molar-refractivity contribution in [1.29, 1.82) is 0 Å². The maximum Gasteiger partial charge on any atom is 0.283 e. The molecule has 0 saturated carbocycles. The van der Waals surface area contributed by atoms with E-state index in [1.807, 2.05) is 29.2 Å².